The van der Waals surface area contributed by atoms with Gasteiger partial charge in [-0.3, -0.25) is 10.1 Å². The molecule has 1 N–H and O–H groups in total. The molecule has 7 heteroatoms. The molecule has 0 unspecified atom stereocenters. The highest BCUT2D eigenvalue weighted by molar-refractivity contribution is 5.75. The van der Waals surface area contributed by atoms with Crippen LogP contribution in [0.1, 0.15) is 38.2 Å². The molecule has 0 saturated carbocycles. The van der Waals surface area contributed by atoms with Crippen molar-refractivity contribution in [3.05, 3.63) is 46.3 Å². The average Bonchev–Trinajstić information content (AvgIpc) is 2.91. The van der Waals surface area contributed by atoms with Gasteiger partial charge in [0.2, 0.25) is 11.6 Å². The fourth-order valence-electron chi connectivity index (χ4n) is 3.22. The van der Waals surface area contributed by atoms with Crippen molar-refractivity contribution >= 4 is 23.0 Å². The van der Waals surface area contributed by atoms with Crippen LogP contribution in [0, 0.1) is 10.1 Å². The highest BCUT2D eigenvalue weighted by Crippen LogP contribution is 2.35. The van der Waals surface area contributed by atoms with Gasteiger partial charge in [-0.15, -0.1) is 0 Å². The van der Waals surface area contributed by atoms with E-state index in [0.29, 0.717) is 5.82 Å². The summed E-state index contributed by atoms with van der Waals surface area (Å²) in [7, 11) is 0. The highest BCUT2D eigenvalue weighted by atomic mass is 16.6. The second-order valence-electron chi connectivity index (χ2n) is 6.19. The van der Waals surface area contributed by atoms with Crippen LogP contribution >= 0.6 is 0 Å². The molecule has 3 rings (SSSR count). The lowest BCUT2D eigenvalue weighted by molar-refractivity contribution is -0.383. The van der Waals surface area contributed by atoms with Crippen molar-refractivity contribution in [3.8, 4) is 0 Å². The van der Waals surface area contributed by atoms with Gasteiger partial charge in [-0.2, -0.15) is 0 Å². The smallest absolute Gasteiger partial charge is 0.351 e. The van der Waals surface area contributed by atoms with Crippen molar-refractivity contribution in [3.63, 3.8) is 0 Å². The van der Waals surface area contributed by atoms with E-state index in [4.69, 9.17) is 0 Å². The van der Waals surface area contributed by atoms with Gasteiger partial charge in [0.15, 0.2) is 0 Å². The number of benzene rings is 1. The molecule has 132 valence electrons. The molecular formula is C18H23N5O2. The monoisotopic (exact) mass is 341 g/mol. The Bertz CT molecular complexity index is 742. The molecule has 0 atom stereocenters. The van der Waals surface area contributed by atoms with E-state index in [2.05, 4.69) is 22.2 Å². The van der Waals surface area contributed by atoms with Gasteiger partial charge in [-0.05, 0) is 30.9 Å². The lowest BCUT2D eigenvalue weighted by Crippen LogP contribution is -2.26. The molecule has 1 saturated heterocycles. The second-order valence-corrected chi connectivity index (χ2v) is 6.19. The third-order valence-electron chi connectivity index (χ3n) is 4.54. The van der Waals surface area contributed by atoms with E-state index in [1.165, 1.54) is 6.33 Å². The highest BCUT2D eigenvalue weighted by Gasteiger charge is 2.27. The Morgan fingerprint density at radius 1 is 1.16 bits per heavy atom. The van der Waals surface area contributed by atoms with Crippen molar-refractivity contribution in [1.29, 1.82) is 0 Å². The van der Waals surface area contributed by atoms with Crippen molar-refractivity contribution in [2.75, 3.05) is 23.3 Å². The van der Waals surface area contributed by atoms with Crippen LogP contribution in [0.4, 0.5) is 23.0 Å². The Balaban J connectivity index is 1.99. The van der Waals surface area contributed by atoms with E-state index in [-0.39, 0.29) is 16.4 Å². The summed E-state index contributed by atoms with van der Waals surface area (Å²) in [6.45, 7) is 3.64. The van der Waals surface area contributed by atoms with Crippen molar-refractivity contribution < 1.29 is 4.92 Å². The summed E-state index contributed by atoms with van der Waals surface area (Å²) in [5.74, 6) is 0.665. The molecule has 1 fully saturated rings. The summed E-state index contributed by atoms with van der Waals surface area (Å²) < 4.78 is 0. The van der Waals surface area contributed by atoms with Gasteiger partial charge in [0.25, 0.3) is 0 Å². The minimum absolute atomic E-state index is 0.0460. The first-order valence-electron chi connectivity index (χ1n) is 8.80. The zero-order valence-corrected chi connectivity index (χ0v) is 14.4. The minimum atomic E-state index is -0.378. The van der Waals surface area contributed by atoms with E-state index in [1.54, 1.807) is 0 Å². The number of anilines is 3. The zero-order valence-electron chi connectivity index (χ0n) is 14.4. The predicted molar refractivity (Wildman–Crippen MR) is 98.5 cm³/mol. The van der Waals surface area contributed by atoms with E-state index >= 15 is 0 Å². The SMILES string of the molecule is CCc1ccccc1Nc1ncnc(N2CCCCCC2)c1[N+](=O)[O-]. The van der Waals surface area contributed by atoms with Crippen LogP contribution in [0.15, 0.2) is 30.6 Å². The molecule has 0 radical (unpaired) electrons. The molecule has 7 nitrogen and oxygen atoms in total. The Hall–Kier alpha value is -2.70. The number of nitro groups is 1. The molecule has 2 heterocycles. The summed E-state index contributed by atoms with van der Waals surface area (Å²) in [5.41, 5.74) is 1.88. The summed E-state index contributed by atoms with van der Waals surface area (Å²) in [5, 5.41) is 14.9. The average molecular weight is 341 g/mol. The lowest BCUT2D eigenvalue weighted by Gasteiger charge is -2.21. The second kappa shape index (κ2) is 7.92. The van der Waals surface area contributed by atoms with Gasteiger partial charge in [0.1, 0.15) is 6.33 Å². The minimum Gasteiger partial charge on any atom is -0.351 e. The molecular weight excluding hydrogens is 318 g/mol. The number of nitrogens with zero attached hydrogens (tertiary/aromatic N) is 4. The molecule has 0 aliphatic carbocycles. The van der Waals surface area contributed by atoms with Crippen LogP contribution in [-0.2, 0) is 6.42 Å². The third-order valence-corrected chi connectivity index (χ3v) is 4.54. The van der Waals surface area contributed by atoms with Gasteiger partial charge in [-0.1, -0.05) is 38.0 Å². The predicted octanol–water partition coefficient (Wildman–Crippen LogP) is 4.07. The molecule has 2 aromatic rings. The lowest BCUT2D eigenvalue weighted by atomic mass is 10.1. The topological polar surface area (TPSA) is 84.2 Å². The number of hydrogen-bond donors (Lipinski definition) is 1. The molecule has 25 heavy (non-hydrogen) atoms. The standard InChI is InChI=1S/C18H23N5O2/c1-2-14-9-5-6-10-15(14)21-17-16(23(24)25)18(20-13-19-17)22-11-7-3-4-8-12-22/h5-6,9-10,13H,2-4,7-8,11-12H2,1H3,(H,19,20,21). The fourth-order valence-corrected chi connectivity index (χ4v) is 3.22. The maximum atomic E-state index is 11.8. The van der Waals surface area contributed by atoms with Crippen LogP contribution in [-0.4, -0.2) is 28.0 Å². The van der Waals surface area contributed by atoms with E-state index in [0.717, 1.165) is 56.4 Å². The number of para-hydroxylation sites is 1. The van der Waals surface area contributed by atoms with Gasteiger partial charge in [-0.25, -0.2) is 9.97 Å². The largest absolute Gasteiger partial charge is 0.353 e. The zero-order chi connectivity index (χ0) is 17.6. The normalized spacial score (nSPS) is 14.8. The summed E-state index contributed by atoms with van der Waals surface area (Å²) >= 11 is 0. The van der Waals surface area contributed by atoms with Crippen molar-refractivity contribution in [2.45, 2.75) is 39.0 Å². The summed E-state index contributed by atoms with van der Waals surface area (Å²) in [6.07, 6.45) is 6.62. The van der Waals surface area contributed by atoms with E-state index in [1.807, 2.05) is 29.2 Å². The van der Waals surface area contributed by atoms with Crippen molar-refractivity contribution in [2.24, 2.45) is 0 Å². The number of nitrogens with one attached hydrogen (secondary N) is 1. The number of rotatable bonds is 5. The Morgan fingerprint density at radius 2 is 1.88 bits per heavy atom. The fraction of sp³-hybridized carbons (Fsp3) is 0.444. The molecule has 1 aliphatic rings. The Labute approximate surface area is 147 Å². The van der Waals surface area contributed by atoms with Crippen LogP contribution < -0.4 is 10.2 Å². The maximum Gasteiger partial charge on any atom is 0.353 e. The summed E-state index contributed by atoms with van der Waals surface area (Å²) in [4.78, 5) is 21.8. The number of aromatic nitrogens is 2. The van der Waals surface area contributed by atoms with Crippen molar-refractivity contribution in [1.82, 2.24) is 9.97 Å². The molecule has 0 bridgehead atoms. The maximum absolute atomic E-state index is 11.8. The molecule has 1 aromatic heterocycles. The molecule has 0 amide bonds. The van der Waals surface area contributed by atoms with Gasteiger partial charge < -0.3 is 10.2 Å². The molecule has 1 aromatic carbocycles. The van der Waals surface area contributed by atoms with Crippen LogP contribution in [0.3, 0.4) is 0 Å². The Kier molecular flexibility index (Phi) is 5.42. The molecule has 0 spiro atoms. The first kappa shape index (κ1) is 17.1. The first-order valence-corrected chi connectivity index (χ1v) is 8.80. The van der Waals surface area contributed by atoms with Gasteiger partial charge in [0, 0.05) is 18.8 Å². The van der Waals surface area contributed by atoms with E-state index in [9.17, 15) is 10.1 Å². The molecule has 1 aliphatic heterocycles. The quantitative estimate of drug-likeness (QED) is 0.652. The number of hydrogen-bond acceptors (Lipinski definition) is 6. The summed E-state index contributed by atoms with van der Waals surface area (Å²) in [6, 6.07) is 7.78. The van der Waals surface area contributed by atoms with Crippen LogP contribution in [0.5, 0.6) is 0 Å². The third kappa shape index (κ3) is 3.87. The van der Waals surface area contributed by atoms with Gasteiger partial charge >= 0.3 is 5.69 Å². The van der Waals surface area contributed by atoms with E-state index < -0.39 is 0 Å². The first-order chi connectivity index (χ1) is 12.2. The van der Waals surface area contributed by atoms with Gasteiger partial charge in [0.05, 0.1) is 4.92 Å². The number of aryl methyl sites for hydroxylation is 1. The Morgan fingerprint density at radius 3 is 2.56 bits per heavy atom. The van der Waals surface area contributed by atoms with Crippen LogP contribution in [0.2, 0.25) is 0 Å². The van der Waals surface area contributed by atoms with Crippen LogP contribution in [0.25, 0.3) is 0 Å².